The lowest BCUT2D eigenvalue weighted by molar-refractivity contribution is -0.141. The first kappa shape index (κ1) is 14.0. The largest absolute Gasteiger partial charge is 0.493 e. The number of nitrogens with zero attached hydrogens (tertiary/aromatic N) is 2. The van der Waals surface area contributed by atoms with E-state index < -0.39 is 23.4 Å². The molecule has 5 nitrogen and oxygen atoms in total. The smallest absolute Gasteiger partial charge is 0.435 e. The van der Waals surface area contributed by atoms with Gasteiger partial charge in [0.2, 0.25) is 5.88 Å². The maximum absolute atomic E-state index is 12.6. The Hall–Kier alpha value is -1.38. The van der Waals surface area contributed by atoms with Gasteiger partial charge in [0.1, 0.15) is 10.6 Å². The summed E-state index contributed by atoms with van der Waals surface area (Å²) in [7, 11) is 0. The van der Waals surface area contributed by atoms with E-state index in [4.69, 9.17) is 4.84 Å². The molecule has 0 fully saturated rings. The van der Waals surface area contributed by atoms with E-state index in [1.165, 1.54) is 0 Å². The Labute approximate surface area is 111 Å². The van der Waals surface area contributed by atoms with E-state index in [0.717, 1.165) is 11.8 Å². The SMILES string of the molecule is CC1(C)CC(SCc2c(C(F)(F)F)n[nH]c2O)=NO1. The van der Waals surface area contributed by atoms with E-state index in [2.05, 4.69) is 10.3 Å². The van der Waals surface area contributed by atoms with E-state index in [1.807, 2.05) is 18.9 Å². The summed E-state index contributed by atoms with van der Waals surface area (Å²) in [6.07, 6.45) is -4.07. The number of H-pyrrole nitrogens is 1. The van der Waals surface area contributed by atoms with Crippen molar-refractivity contribution in [1.29, 1.82) is 0 Å². The van der Waals surface area contributed by atoms with Crippen LogP contribution in [-0.2, 0) is 16.8 Å². The van der Waals surface area contributed by atoms with Gasteiger partial charge in [0.05, 0.1) is 5.56 Å². The summed E-state index contributed by atoms with van der Waals surface area (Å²) < 4.78 is 37.9. The minimum absolute atomic E-state index is 0.0740. The fourth-order valence-electron chi connectivity index (χ4n) is 1.56. The zero-order valence-corrected chi connectivity index (χ0v) is 11.0. The maximum atomic E-state index is 12.6. The maximum Gasteiger partial charge on any atom is 0.435 e. The summed E-state index contributed by atoms with van der Waals surface area (Å²) in [5, 5.41) is 18.8. The van der Waals surface area contributed by atoms with Gasteiger partial charge in [-0.2, -0.15) is 18.3 Å². The number of hydrogen-bond donors (Lipinski definition) is 2. The zero-order chi connectivity index (χ0) is 14.3. The first-order chi connectivity index (χ1) is 8.69. The fraction of sp³-hybridized carbons (Fsp3) is 0.600. The third-order valence-corrected chi connectivity index (χ3v) is 3.45. The van der Waals surface area contributed by atoms with Crippen molar-refractivity contribution in [1.82, 2.24) is 10.2 Å². The van der Waals surface area contributed by atoms with Crippen LogP contribution in [0, 0.1) is 0 Å². The number of rotatable bonds is 2. The predicted molar refractivity (Wildman–Crippen MR) is 63.8 cm³/mol. The number of nitrogens with one attached hydrogen (secondary N) is 1. The zero-order valence-electron chi connectivity index (χ0n) is 10.2. The number of aromatic hydroxyl groups is 1. The summed E-state index contributed by atoms with van der Waals surface area (Å²) in [6.45, 7) is 3.67. The second-order valence-electron chi connectivity index (χ2n) is 4.70. The van der Waals surface area contributed by atoms with Crippen molar-refractivity contribution in [2.75, 3.05) is 0 Å². The fourth-order valence-corrected chi connectivity index (χ4v) is 2.69. The van der Waals surface area contributed by atoms with Crippen molar-refractivity contribution in [3.63, 3.8) is 0 Å². The third kappa shape index (κ3) is 3.14. The molecule has 0 atom stereocenters. The summed E-state index contributed by atoms with van der Waals surface area (Å²) in [5.41, 5.74) is -1.81. The van der Waals surface area contributed by atoms with E-state index in [9.17, 15) is 18.3 Å². The van der Waals surface area contributed by atoms with Crippen molar-refractivity contribution < 1.29 is 23.1 Å². The molecular weight excluding hydrogens is 283 g/mol. The molecule has 0 radical (unpaired) electrons. The second-order valence-corrected chi connectivity index (χ2v) is 5.75. The van der Waals surface area contributed by atoms with Gasteiger partial charge < -0.3 is 9.94 Å². The normalized spacial score (nSPS) is 18.3. The van der Waals surface area contributed by atoms with Gasteiger partial charge in [-0.1, -0.05) is 5.16 Å². The van der Waals surface area contributed by atoms with Crippen molar-refractivity contribution in [3.05, 3.63) is 11.3 Å². The molecule has 2 rings (SSSR count). The van der Waals surface area contributed by atoms with Crippen LogP contribution in [0.25, 0.3) is 0 Å². The molecule has 0 unspecified atom stereocenters. The van der Waals surface area contributed by atoms with Crippen LogP contribution in [0.1, 0.15) is 31.5 Å². The van der Waals surface area contributed by atoms with Crippen molar-refractivity contribution >= 4 is 16.8 Å². The highest BCUT2D eigenvalue weighted by atomic mass is 32.2. The molecule has 0 saturated heterocycles. The van der Waals surface area contributed by atoms with Crippen LogP contribution in [0.2, 0.25) is 0 Å². The number of halogens is 3. The molecule has 1 aliphatic heterocycles. The Morgan fingerprint density at radius 3 is 2.68 bits per heavy atom. The van der Waals surface area contributed by atoms with Gasteiger partial charge >= 0.3 is 6.18 Å². The Morgan fingerprint density at radius 2 is 2.16 bits per heavy atom. The van der Waals surface area contributed by atoms with Gasteiger partial charge in [0, 0.05) is 12.2 Å². The molecule has 1 aliphatic rings. The molecule has 2 N–H and O–H groups in total. The first-order valence-corrected chi connectivity index (χ1v) is 6.39. The topological polar surface area (TPSA) is 70.5 Å². The van der Waals surface area contributed by atoms with Crippen molar-refractivity contribution in [2.45, 2.75) is 37.8 Å². The summed E-state index contributed by atoms with van der Waals surface area (Å²) in [5.74, 6) is -0.645. The molecule has 0 aliphatic carbocycles. The van der Waals surface area contributed by atoms with Crippen LogP contribution in [0.3, 0.4) is 0 Å². The van der Waals surface area contributed by atoms with Crippen LogP contribution in [0.15, 0.2) is 5.16 Å². The highest BCUT2D eigenvalue weighted by Gasteiger charge is 2.38. The highest BCUT2D eigenvalue weighted by Crippen LogP contribution is 2.37. The van der Waals surface area contributed by atoms with Crippen LogP contribution >= 0.6 is 11.8 Å². The van der Waals surface area contributed by atoms with Gasteiger partial charge in [-0.05, 0) is 13.8 Å². The van der Waals surface area contributed by atoms with E-state index >= 15 is 0 Å². The van der Waals surface area contributed by atoms with E-state index in [-0.39, 0.29) is 11.3 Å². The number of alkyl halides is 3. The average Bonchev–Trinajstić information content (AvgIpc) is 2.78. The van der Waals surface area contributed by atoms with Crippen molar-refractivity contribution in [3.8, 4) is 5.88 Å². The van der Waals surface area contributed by atoms with Gasteiger partial charge in [0.25, 0.3) is 0 Å². The lowest BCUT2D eigenvalue weighted by Crippen LogP contribution is -2.18. The van der Waals surface area contributed by atoms with E-state index in [0.29, 0.717) is 11.5 Å². The van der Waals surface area contributed by atoms with Gasteiger partial charge in [-0.3, -0.25) is 0 Å². The predicted octanol–water partition coefficient (Wildman–Crippen LogP) is 2.88. The number of hydrogen-bond acceptors (Lipinski definition) is 5. The molecule has 1 aromatic rings. The number of thioether (sulfide) groups is 1. The monoisotopic (exact) mass is 295 g/mol. The summed E-state index contributed by atoms with van der Waals surface area (Å²) in [4.78, 5) is 5.11. The van der Waals surface area contributed by atoms with Gasteiger partial charge in [-0.15, -0.1) is 11.8 Å². The lowest BCUT2D eigenvalue weighted by Gasteiger charge is -2.13. The summed E-state index contributed by atoms with van der Waals surface area (Å²) >= 11 is 1.09. The molecule has 0 saturated carbocycles. The van der Waals surface area contributed by atoms with Crippen LogP contribution in [0.5, 0.6) is 5.88 Å². The molecule has 106 valence electrons. The average molecular weight is 295 g/mol. The standard InChI is InChI=1S/C10H12F3N3O2S/c1-9(2)3-6(16-18-9)19-4-5-7(10(11,12)13)14-15-8(5)17/h3-4H2,1-2H3,(H2,14,15,17). The van der Waals surface area contributed by atoms with Crippen molar-refractivity contribution in [2.24, 2.45) is 5.16 Å². The second kappa shape index (κ2) is 4.62. The minimum Gasteiger partial charge on any atom is -0.493 e. The minimum atomic E-state index is -4.60. The number of aromatic amines is 1. The van der Waals surface area contributed by atoms with Gasteiger partial charge in [-0.25, -0.2) is 5.10 Å². The Bertz CT molecular complexity index is 511. The molecule has 1 aromatic heterocycles. The number of aromatic nitrogens is 2. The molecule has 0 bridgehead atoms. The summed E-state index contributed by atoms with van der Waals surface area (Å²) in [6, 6.07) is 0. The molecule has 19 heavy (non-hydrogen) atoms. The van der Waals surface area contributed by atoms with Crippen LogP contribution < -0.4 is 0 Å². The first-order valence-electron chi connectivity index (χ1n) is 5.40. The highest BCUT2D eigenvalue weighted by molar-refractivity contribution is 8.13. The Kier molecular flexibility index (Phi) is 3.41. The lowest BCUT2D eigenvalue weighted by atomic mass is 10.1. The molecule has 0 aromatic carbocycles. The van der Waals surface area contributed by atoms with Crippen LogP contribution in [-0.4, -0.2) is 25.9 Å². The van der Waals surface area contributed by atoms with Gasteiger partial charge in [0.15, 0.2) is 5.69 Å². The molecular formula is C10H12F3N3O2S. The Balaban J connectivity index is 2.07. The Morgan fingerprint density at radius 1 is 1.47 bits per heavy atom. The molecule has 0 amide bonds. The number of oxime groups is 1. The molecule has 9 heteroatoms. The molecule has 2 heterocycles. The van der Waals surface area contributed by atoms with Crippen LogP contribution in [0.4, 0.5) is 13.2 Å². The molecule has 0 spiro atoms. The third-order valence-electron chi connectivity index (χ3n) is 2.47. The van der Waals surface area contributed by atoms with E-state index in [1.54, 1.807) is 0 Å². The quantitative estimate of drug-likeness (QED) is 0.880.